The van der Waals surface area contributed by atoms with Crippen LogP contribution in [-0.4, -0.2) is 49.7 Å². The van der Waals surface area contributed by atoms with Crippen LogP contribution in [-0.2, 0) is 16.7 Å². The van der Waals surface area contributed by atoms with Gasteiger partial charge in [0.2, 0.25) is 10.0 Å². The van der Waals surface area contributed by atoms with Gasteiger partial charge in [0.15, 0.2) is 6.67 Å². The van der Waals surface area contributed by atoms with E-state index in [1.165, 1.54) is 22.0 Å². The van der Waals surface area contributed by atoms with Crippen LogP contribution in [0.3, 0.4) is 0 Å². The fraction of sp³-hybridized carbons (Fsp3) is 0.750. The smallest absolute Gasteiger partial charge is 0.246 e. The Kier molecular flexibility index (Phi) is 3.98. The summed E-state index contributed by atoms with van der Waals surface area (Å²) in [6, 6.07) is 0. The average molecular weight is 287 g/mol. The molecule has 1 aromatic rings. The SMILES string of the molecule is Cc1nn(C[NH+]2CCCC2)c(C)c1S(=O)(=O)N(C)C. The lowest BCUT2D eigenvalue weighted by Gasteiger charge is -2.14. The Morgan fingerprint density at radius 1 is 1.26 bits per heavy atom. The van der Waals surface area contributed by atoms with Gasteiger partial charge in [-0.15, -0.1) is 0 Å². The number of nitrogens with one attached hydrogen (secondary N) is 1. The third-order valence-electron chi connectivity index (χ3n) is 3.74. The first-order chi connectivity index (χ1) is 8.84. The molecule has 0 saturated carbocycles. The molecule has 0 spiro atoms. The van der Waals surface area contributed by atoms with Crippen molar-refractivity contribution in [1.82, 2.24) is 14.1 Å². The summed E-state index contributed by atoms with van der Waals surface area (Å²) in [5.41, 5.74) is 1.33. The average Bonchev–Trinajstić information content (AvgIpc) is 2.88. The van der Waals surface area contributed by atoms with E-state index in [-0.39, 0.29) is 0 Å². The number of quaternary nitrogens is 1. The van der Waals surface area contributed by atoms with Crippen molar-refractivity contribution in [2.45, 2.75) is 38.3 Å². The molecule has 1 N–H and O–H groups in total. The molecule has 0 unspecified atom stereocenters. The standard InChI is InChI=1S/C12H22N4O2S/c1-10-12(19(17,18)14(3)4)11(2)16(13-10)9-15-7-5-6-8-15/h5-9H2,1-4H3/p+1. The molecule has 1 fully saturated rings. The maximum atomic E-state index is 12.3. The molecule has 0 radical (unpaired) electrons. The van der Waals surface area contributed by atoms with Crippen LogP contribution < -0.4 is 4.90 Å². The zero-order chi connectivity index (χ0) is 14.2. The highest BCUT2D eigenvalue weighted by molar-refractivity contribution is 7.89. The molecule has 1 saturated heterocycles. The molecule has 6 nitrogen and oxygen atoms in total. The maximum Gasteiger partial charge on any atom is 0.246 e. The number of aromatic nitrogens is 2. The Bertz CT molecular complexity index is 557. The predicted octanol–water partition coefficient (Wildman–Crippen LogP) is -0.614. The minimum Gasteiger partial charge on any atom is -0.316 e. The fourth-order valence-electron chi connectivity index (χ4n) is 2.64. The minimum absolute atomic E-state index is 0.357. The number of likely N-dealkylation sites (tertiary alicyclic amines) is 1. The maximum absolute atomic E-state index is 12.3. The van der Waals surface area contributed by atoms with Crippen LogP contribution >= 0.6 is 0 Å². The van der Waals surface area contributed by atoms with E-state index in [9.17, 15) is 8.42 Å². The molecular formula is C12H23N4O2S+. The van der Waals surface area contributed by atoms with Gasteiger partial charge in [-0.1, -0.05) is 0 Å². The molecule has 0 atom stereocenters. The number of nitrogens with zero attached hydrogens (tertiary/aromatic N) is 3. The van der Waals surface area contributed by atoms with Crippen LogP contribution in [0.4, 0.5) is 0 Å². The van der Waals surface area contributed by atoms with Gasteiger partial charge in [0, 0.05) is 26.9 Å². The Balaban J connectivity index is 2.34. The molecule has 2 rings (SSSR count). The zero-order valence-corrected chi connectivity index (χ0v) is 12.9. The lowest BCUT2D eigenvalue weighted by Crippen LogP contribution is -3.09. The first kappa shape index (κ1) is 14.5. The van der Waals surface area contributed by atoms with Gasteiger partial charge in [0.25, 0.3) is 0 Å². The lowest BCUT2D eigenvalue weighted by molar-refractivity contribution is -0.911. The van der Waals surface area contributed by atoms with Crippen molar-refractivity contribution in [3.8, 4) is 0 Å². The second kappa shape index (κ2) is 5.22. The number of hydrogen-bond donors (Lipinski definition) is 1. The fourth-order valence-corrected chi connectivity index (χ4v) is 3.89. The first-order valence-electron chi connectivity index (χ1n) is 6.64. The van der Waals surface area contributed by atoms with Crippen LogP contribution in [0.25, 0.3) is 0 Å². The Hall–Kier alpha value is -0.920. The third-order valence-corrected chi connectivity index (χ3v) is 5.81. The van der Waals surface area contributed by atoms with E-state index >= 15 is 0 Å². The van der Waals surface area contributed by atoms with Crippen molar-refractivity contribution in [3.63, 3.8) is 0 Å². The molecule has 1 aromatic heterocycles. The van der Waals surface area contributed by atoms with Gasteiger partial charge in [-0.2, -0.15) is 5.10 Å². The van der Waals surface area contributed by atoms with E-state index in [1.54, 1.807) is 21.0 Å². The summed E-state index contributed by atoms with van der Waals surface area (Å²) in [4.78, 5) is 1.83. The summed E-state index contributed by atoms with van der Waals surface area (Å²) in [5.74, 6) is 0. The van der Waals surface area contributed by atoms with Gasteiger partial charge in [0.05, 0.1) is 24.5 Å². The summed E-state index contributed by atoms with van der Waals surface area (Å²) in [5, 5.41) is 4.41. The van der Waals surface area contributed by atoms with E-state index in [0.29, 0.717) is 10.6 Å². The molecule has 0 bridgehead atoms. The first-order valence-corrected chi connectivity index (χ1v) is 8.08. The Morgan fingerprint density at radius 2 is 1.84 bits per heavy atom. The van der Waals surface area contributed by atoms with Crippen molar-refractivity contribution >= 4 is 10.0 Å². The molecule has 0 amide bonds. The highest BCUT2D eigenvalue weighted by Crippen LogP contribution is 2.21. The Morgan fingerprint density at radius 3 is 2.37 bits per heavy atom. The van der Waals surface area contributed by atoms with Crippen molar-refractivity contribution in [1.29, 1.82) is 0 Å². The summed E-state index contributed by atoms with van der Waals surface area (Å²) in [7, 11) is -0.305. The van der Waals surface area contributed by atoms with Crippen molar-refractivity contribution < 1.29 is 13.3 Å². The van der Waals surface area contributed by atoms with Crippen molar-refractivity contribution in [3.05, 3.63) is 11.4 Å². The lowest BCUT2D eigenvalue weighted by atomic mass is 10.4. The molecule has 1 aliphatic rings. The molecule has 1 aliphatic heterocycles. The molecule has 19 heavy (non-hydrogen) atoms. The summed E-state index contributed by atoms with van der Waals surface area (Å²) < 4.78 is 27.7. The normalized spacial score (nSPS) is 17.5. The summed E-state index contributed by atoms with van der Waals surface area (Å²) in [6.45, 7) is 6.66. The quantitative estimate of drug-likeness (QED) is 0.803. The highest BCUT2D eigenvalue weighted by atomic mass is 32.2. The highest BCUT2D eigenvalue weighted by Gasteiger charge is 2.28. The van der Waals surface area contributed by atoms with Gasteiger partial charge in [-0.3, -0.25) is 0 Å². The van der Waals surface area contributed by atoms with Crippen LogP contribution in [0.15, 0.2) is 4.90 Å². The Labute approximate surface area is 115 Å². The van der Waals surface area contributed by atoms with Gasteiger partial charge in [-0.25, -0.2) is 17.4 Å². The molecule has 108 valence electrons. The van der Waals surface area contributed by atoms with E-state index < -0.39 is 10.0 Å². The van der Waals surface area contributed by atoms with Crippen LogP contribution in [0.1, 0.15) is 24.2 Å². The van der Waals surface area contributed by atoms with E-state index in [4.69, 9.17) is 0 Å². The zero-order valence-electron chi connectivity index (χ0n) is 12.1. The number of aryl methyl sites for hydroxylation is 1. The van der Waals surface area contributed by atoms with Crippen molar-refractivity contribution in [2.75, 3.05) is 27.2 Å². The monoisotopic (exact) mass is 287 g/mol. The molecular weight excluding hydrogens is 264 g/mol. The van der Waals surface area contributed by atoms with Gasteiger partial charge in [-0.05, 0) is 13.8 Å². The van der Waals surface area contributed by atoms with Crippen LogP contribution in [0.2, 0.25) is 0 Å². The number of sulfonamides is 1. The van der Waals surface area contributed by atoms with Crippen LogP contribution in [0.5, 0.6) is 0 Å². The van der Waals surface area contributed by atoms with Gasteiger partial charge >= 0.3 is 0 Å². The topological polar surface area (TPSA) is 59.6 Å². The largest absolute Gasteiger partial charge is 0.316 e. The summed E-state index contributed by atoms with van der Waals surface area (Å²) in [6.07, 6.45) is 2.50. The predicted molar refractivity (Wildman–Crippen MR) is 72.5 cm³/mol. The van der Waals surface area contributed by atoms with E-state index in [0.717, 1.165) is 25.5 Å². The number of rotatable bonds is 4. The molecule has 2 heterocycles. The van der Waals surface area contributed by atoms with Crippen molar-refractivity contribution in [2.24, 2.45) is 0 Å². The molecule has 7 heteroatoms. The van der Waals surface area contributed by atoms with Crippen LogP contribution in [0, 0.1) is 13.8 Å². The molecule has 0 aromatic carbocycles. The second-order valence-corrected chi connectivity index (χ2v) is 7.49. The minimum atomic E-state index is -3.41. The van der Waals surface area contributed by atoms with Gasteiger partial charge < -0.3 is 4.90 Å². The third kappa shape index (κ3) is 2.68. The van der Waals surface area contributed by atoms with E-state index in [2.05, 4.69) is 5.10 Å². The second-order valence-electron chi connectivity index (χ2n) is 5.40. The molecule has 0 aliphatic carbocycles. The van der Waals surface area contributed by atoms with E-state index in [1.807, 2.05) is 11.6 Å². The van der Waals surface area contributed by atoms with Gasteiger partial charge in [0.1, 0.15) is 4.90 Å². The summed E-state index contributed by atoms with van der Waals surface area (Å²) >= 11 is 0. The number of hydrogen-bond acceptors (Lipinski definition) is 3.